The molecule has 2 fully saturated rings. The molecule has 2 aliphatic rings. The second-order valence-electron chi connectivity index (χ2n) is 4.27. The molecule has 0 amide bonds. The van der Waals surface area contributed by atoms with Crippen LogP contribution >= 0.6 is 0 Å². The van der Waals surface area contributed by atoms with Gasteiger partial charge in [0.15, 0.2) is 0 Å². The number of rotatable bonds is 0. The van der Waals surface area contributed by atoms with E-state index in [2.05, 4.69) is 6.92 Å². The van der Waals surface area contributed by atoms with Gasteiger partial charge in [-0.15, -0.1) is 0 Å². The van der Waals surface area contributed by atoms with Crippen LogP contribution in [0.15, 0.2) is 0 Å². The average Bonchev–Trinajstić information content (AvgIpc) is 2.18. The highest BCUT2D eigenvalue weighted by molar-refractivity contribution is 5.10. The highest BCUT2D eigenvalue weighted by atomic mass is 15.0. The number of hydrogen-bond acceptors (Lipinski definition) is 2. The van der Waals surface area contributed by atoms with Crippen LogP contribution in [0.3, 0.4) is 0 Å². The third-order valence-corrected chi connectivity index (χ3v) is 3.81. The van der Waals surface area contributed by atoms with Crippen molar-refractivity contribution in [1.82, 2.24) is 0 Å². The van der Waals surface area contributed by atoms with Crippen LogP contribution in [0.2, 0.25) is 0 Å². The first-order chi connectivity index (χ1) is 4.56. The molecule has 10 heavy (non-hydrogen) atoms. The normalized spacial score (nSPS) is 50.1. The Kier molecular flexibility index (Phi) is 1.03. The molecular weight excluding hydrogens is 124 g/mol. The van der Waals surface area contributed by atoms with Gasteiger partial charge in [0, 0.05) is 0 Å². The molecule has 2 bridgehead atoms. The summed E-state index contributed by atoms with van der Waals surface area (Å²) in [7, 11) is 0. The van der Waals surface area contributed by atoms with Gasteiger partial charge in [-0.2, -0.15) is 0 Å². The summed E-state index contributed by atoms with van der Waals surface area (Å²) in [6.07, 6.45) is 4.99. The summed E-state index contributed by atoms with van der Waals surface area (Å²) in [5.41, 5.74) is 12.0. The van der Waals surface area contributed by atoms with Gasteiger partial charge in [0.05, 0.1) is 5.66 Å². The molecule has 0 aromatic heterocycles. The summed E-state index contributed by atoms with van der Waals surface area (Å²) in [5, 5.41) is 0. The Bertz CT molecular complexity index is 152. The summed E-state index contributed by atoms with van der Waals surface area (Å²) >= 11 is 0. The van der Waals surface area contributed by atoms with E-state index in [-0.39, 0.29) is 11.1 Å². The van der Waals surface area contributed by atoms with Crippen molar-refractivity contribution < 1.29 is 0 Å². The van der Waals surface area contributed by atoms with E-state index in [9.17, 15) is 0 Å². The molecule has 2 heteroatoms. The first kappa shape index (κ1) is 6.62. The average molecular weight is 140 g/mol. The van der Waals surface area contributed by atoms with Gasteiger partial charge in [-0.3, -0.25) is 0 Å². The molecule has 58 valence electrons. The molecule has 0 atom stereocenters. The lowest BCUT2D eigenvalue weighted by Gasteiger charge is -2.33. The van der Waals surface area contributed by atoms with Crippen molar-refractivity contribution in [2.24, 2.45) is 22.8 Å². The molecular formula is C8H16N2. The minimum Gasteiger partial charge on any atom is -0.313 e. The minimum atomic E-state index is -0.340. The van der Waals surface area contributed by atoms with Gasteiger partial charge >= 0.3 is 0 Å². The van der Waals surface area contributed by atoms with Crippen molar-refractivity contribution in [3.63, 3.8) is 0 Å². The first-order valence-corrected chi connectivity index (χ1v) is 4.14. The fraction of sp³-hybridized carbons (Fsp3) is 1.00. The molecule has 0 unspecified atom stereocenters. The highest BCUT2D eigenvalue weighted by Gasteiger charge is 2.57. The summed E-state index contributed by atoms with van der Waals surface area (Å²) in [6.45, 7) is 2.24. The highest BCUT2D eigenvalue weighted by Crippen LogP contribution is 2.56. The van der Waals surface area contributed by atoms with Gasteiger partial charge in [0.2, 0.25) is 0 Å². The van der Waals surface area contributed by atoms with Crippen LogP contribution in [0.4, 0.5) is 0 Å². The van der Waals surface area contributed by atoms with Crippen LogP contribution in [0.25, 0.3) is 0 Å². The molecule has 0 aromatic rings. The minimum absolute atomic E-state index is 0.262. The van der Waals surface area contributed by atoms with Crippen molar-refractivity contribution in [2.45, 2.75) is 38.3 Å². The Morgan fingerprint density at radius 2 is 1.70 bits per heavy atom. The predicted octanol–water partition coefficient (Wildman–Crippen LogP) is 0.810. The summed E-state index contributed by atoms with van der Waals surface area (Å²) < 4.78 is 0. The number of fused-ring (bicyclic) bond motifs is 2. The van der Waals surface area contributed by atoms with E-state index in [4.69, 9.17) is 11.5 Å². The van der Waals surface area contributed by atoms with E-state index in [0.717, 1.165) is 0 Å². The zero-order valence-corrected chi connectivity index (χ0v) is 6.56. The lowest BCUT2D eigenvalue weighted by atomic mass is 9.82. The second kappa shape index (κ2) is 1.56. The molecule has 0 spiro atoms. The zero-order chi connectivity index (χ0) is 7.41. The molecule has 0 aliphatic heterocycles. The molecule has 2 saturated carbocycles. The fourth-order valence-corrected chi connectivity index (χ4v) is 2.66. The van der Waals surface area contributed by atoms with Crippen LogP contribution in [0.1, 0.15) is 32.6 Å². The molecule has 0 radical (unpaired) electrons. The maximum Gasteiger partial charge on any atom is 0.0720 e. The number of hydrogen-bond donors (Lipinski definition) is 2. The predicted molar refractivity (Wildman–Crippen MR) is 41.2 cm³/mol. The van der Waals surface area contributed by atoms with Gasteiger partial charge in [0.25, 0.3) is 0 Å². The monoisotopic (exact) mass is 140 g/mol. The fourth-order valence-electron chi connectivity index (χ4n) is 2.66. The smallest absolute Gasteiger partial charge is 0.0720 e. The Morgan fingerprint density at radius 1 is 1.20 bits per heavy atom. The van der Waals surface area contributed by atoms with Crippen molar-refractivity contribution in [3.8, 4) is 0 Å². The molecule has 2 nitrogen and oxygen atoms in total. The first-order valence-electron chi connectivity index (χ1n) is 4.14. The lowest BCUT2D eigenvalue weighted by molar-refractivity contribution is 0.211. The third kappa shape index (κ3) is 0.523. The van der Waals surface area contributed by atoms with Crippen molar-refractivity contribution in [3.05, 3.63) is 0 Å². The van der Waals surface area contributed by atoms with Gasteiger partial charge in [-0.05, 0) is 37.0 Å². The van der Waals surface area contributed by atoms with Crippen molar-refractivity contribution >= 4 is 0 Å². The van der Waals surface area contributed by atoms with E-state index in [1.54, 1.807) is 0 Å². The Morgan fingerprint density at radius 3 is 1.80 bits per heavy atom. The molecule has 0 saturated heterocycles. The second-order valence-corrected chi connectivity index (χ2v) is 4.27. The molecule has 2 aliphatic carbocycles. The quantitative estimate of drug-likeness (QED) is 0.489. The van der Waals surface area contributed by atoms with Gasteiger partial charge < -0.3 is 11.5 Å². The Hall–Kier alpha value is -0.0800. The molecule has 2 rings (SSSR count). The summed E-state index contributed by atoms with van der Waals surface area (Å²) in [4.78, 5) is 0. The largest absolute Gasteiger partial charge is 0.313 e. The topological polar surface area (TPSA) is 52.0 Å². The van der Waals surface area contributed by atoms with Crippen molar-refractivity contribution in [2.75, 3.05) is 0 Å². The van der Waals surface area contributed by atoms with Gasteiger partial charge in [-0.1, -0.05) is 6.92 Å². The van der Waals surface area contributed by atoms with Crippen LogP contribution in [-0.2, 0) is 0 Å². The van der Waals surface area contributed by atoms with E-state index in [1.807, 2.05) is 0 Å². The van der Waals surface area contributed by atoms with E-state index < -0.39 is 0 Å². The maximum absolute atomic E-state index is 6.04. The lowest BCUT2D eigenvalue weighted by Crippen LogP contribution is -2.58. The van der Waals surface area contributed by atoms with E-state index in [0.29, 0.717) is 5.92 Å². The Balaban J connectivity index is 2.37. The van der Waals surface area contributed by atoms with E-state index in [1.165, 1.54) is 25.7 Å². The summed E-state index contributed by atoms with van der Waals surface area (Å²) in [6, 6.07) is 0. The molecule has 4 N–H and O–H groups in total. The zero-order valence-electron chi connectivity index (χ0n) is 6.56. The van der Waals surface area contributed by atoms with Gasteiger partial charge in [0.1, 0.15) is 0 Å². The van der Waals surface area contributed by atoms with Crippen LogP contribution in [0.5, 0.6) is 0 Å². The van der Waals surface area contributed by atoms with Gasteiger partial charge in [-0.25, -0.2) is 0 Å². The maximum atomic E-state index is 6.04. The molecule has 0 aromatic carbocycles. The SMILES string of the molecule is CC12CCC(CC1)C2(N)N. The standard InChI is InChI=1S/C8H16N2/c1-7-4-2-6(3-5-7)8(7,9)10/h6H,2-5,9-10H2,1H3. The van der Waals surface area contributed by atoms with Crippen molar-refractivity contribution in [1.29, 1.82) is 0 Å². The molecule has 0 heterocycles. The van der Waals surface area contributed by atoms with E-state index >= 15 is 0 Å². The van der Waals surface area contributed by atoms with Crippen LogP contribution < -0.4 is 11.5 Å². The third-order valence-electron chi connectivity index (χ3n) is 3.81. The Labute approximate surface area is 62.0 Å². The summed E-state index contributed by atoms with van der Waals surface area (Å²) in [5.74, 6) is 0.609. The number of nitrogens with two attached hydrogens (primary N) is 2. The van der Waals surface area contributed by atoms with Crippen LogP contribution in [-0.4, -0.2) is 5.66 Å². The van der Waals surface area contributed by atoms with Crippen LogP contribution in [0, 0.1) is 11.3 Å².